The van der Waals surface area contributed by atoms with E-state index in [2.05, 4.69) is 28.2 Å². The second kappa shape index (κ2) is 8.79. The molecule has 0 radical (unpaired) electrons. The summed E-state index contributed by atoms with van der Waals surface area (Å²) in [4.78, 5) is 0. The molecule has 0 aliphatic rings. The van der Waals surface area contributed by atoms with Crippen LogP contribution >= 0.6 is 0 Å². The molecular formula is C8H18LiN2O4S+. The van der Waals surface area contributed by atoms with Crippen molar-refractivity contribution < 1.29 is 21.7 Å². The Balaban J connectivity index is 0. The Morgan fingerprint density at radius 2 is 2.00 bits per heavy atom. The Kier molecular flexibility index (Phi) is 9.91. The number of rotatable bonds is 3. The van der Waals surface area contributed by atoms with Gasteiger partial charge >= 0.3 is 29.3 Å². The summed E-state index contributed by atoms with van der Waals surface area (Å²) in [6.45, 7) is 4.62. The molecule has 0 aliphatic heterocycles. The van der Waals surface area contributed by atoms with Crippen LogP contribution in [0.4, 0.5) is 0 Å². The maximum absolute atomic E-state index is 9.56. The molecule has 6 nitrogen and oxygen atoms in total. The number of hydrogen-bond acceptors (Lipinski definition) is 3. The van der Waals surface area contributed by atoms with Crippen molar-refractivity contribution in [1.29, 1.82) is 0 Å². The van der Waals surface area contributed by atoms with Crippen molar-refractivity contribution in [3.8, 4) is 0 Å². The summed E-state index contributed by atoms with van der Waals surface area (Å²) in [6, 6.07) is 0. The molecule has 0 saturated carbocycles. The first kappa shape index (κ1) is 18.1. The van der Waals surface area contributed by atoms with Gasteiger partial charge < -0.3 is 0 Å². The van der Waals surface area contributed by atoms with E-state index in [1.165, 1.54) is 6.92 Å². The second-order valence-electron chi connectivity index (χ2n) is 2.74. The van der Waals surface area contributed by atoms with Gasteiger partial charge in [-0.2, -0.15) is 8.42 Å². The molecule has 1 rings (SSSR count). The van der Waals surface area contributed by atoms with Gasteiger partial charge in [0.15, 0.2) is 0 Å². The standard InChI is InChI=1S/C6H11N2.C2H6O4S.Li.H/c1-3-8-5-4-7(2)6-8;1-2-6-7(3,4)5;;/h4-6H,3H2,1-2H3;2H2,1H3,(H,3,4,5);;/q+1;;;. The van der Waals surface area contributed by atoms with Crippen molar-refractivity contribution in [3.05, 3.63) is 18.7 Å². The van der Waals surface area contributed by atoms with Gasteiger partial charge in [0.1, 0.15) is 12.4 Å². The summed E-state index contributed by atoms with van der Waals surface area (Å²) < 4.78 is 34.8. The Labute approximate surface area is 108 Å². The molecule has 0 atom stereocenters. The predicted octanol–water partition coefficient (Wildman–Crippen LogP) is -0.490. The van der Waals surface area contributed by atoms with E-state index in [-0.39, 0.29) is 25.5 Å². The van der Waals surface area contributed by atoms with E-state index in [0.717, 1.165) is 6.54 Å². The first-order valence-electron chi connectivity index (χ1n) is 4.52. The topological polar surface area (TPSA) is 72.4 Å². The van der Waals surface area contributed by atoms with E-state index in [1.54, 1.807) is 0 Å². The zero-order chi connectivity index (χ0) is 11.9. The van der Waals surface area contributed by atoms with Gasteiger partial charge in [-0.25, -0.2) is 13.3 Å². The number of nitrogens with zero attached hydrogens (tertiary/aromatic N) is 2. The van der Waals surface area contributed by atoms with Gasteiger partial charge in [0.05, 0.1) is 20.2 Å². The van der Waals surface area contributed by atoms with Crippen molar-refractivity contribution in [2.24, 2.45) is 7.05 Å². The van der Waals surface area contributed by atoms with Gasteiger partial charge in [-0.1, -0.05) is 0 Å². The summed E-state index contributed by atoms with van der Waals surface area (Å²) in [7, 11) is -2.15. The van der Waals surface area contributed by atoms with Crippen LogP contribution < -0.4 is 4.57 Å². The molecule has 0 fully saturated rings. The molecule has 8 heteroatoms. The first-order chi connectivity index (χ1) is 6.89. The van der Waals surface area contributed by atoms with Crippen LogP contribution in [-0.4, -0.2) is 43.0 Å². The van der Waals surface area contributed by atoms with Crippen molar-refractivity contribution >= 4 is 29.3 Å². The summed E-state index contributed by atoms with van der Waals surface area (Å²) in [6.07, 6.45) is 6.14. The van der Waals surface area contributed by atoms with E-state index in [1.807, 2.05) is 17.8 Å². The number of aromatic nitrogens is 2. The molecule has 0 aliphatic carbocycles. The molecule has 0 saturated heterocycles. The van der Waals surface area contributed by atoms with Crippen LogP contribution in [0.2, 0.25) is 0 Å². The fourth-order valence-corrected chi connectivity index (χ4v) is 1.14. The minimum absolute atomic E-state index is 0. The van der Waals surface area contributed by atoms with Gasteiger partial charge in [-0.3, -0.25) is 4.55 Å². The van der Waals surface area contributed by atoms with Crippen LogP contribution in [0.25, 0.3) is 0 Å². The predicted molar refractivity (Wildman–Crippen MR) is 61.6 cm³/mol. The summed E-state index contributed by atoms with van der Waals surface area (Å²) in [5.74, 6) is 0. The van der Waals surface area contributed by atoms with Crippen molar-refractivity contribution in [1.82, 2.24) is 4.57 Å². The van der Waals surface area contributed by atoms with E-state index >= 15 is 0 Å². The molecule has 1 heterocycles. The Bertz CT molecular complexity index is 377. The molecule has 1 aromatic rings. The molecule has 0 aromatic carbocycles. The SMILES string of the molecule is CCOS(=O)(=O)O.CC[n+]1ccn(C)c1.[LiH]. The molecule has 1 N–H and O–H groups in total. The van der Waals surface area contributed by atoms with Gasteiger partial charge in [0.2, 0.25) is 6.33 Å². The van der Waals surface area contributed by atoms with Gasteiger partial charge in [0.25, 0.3) is 0 Å². The van der Waals surface area contributed by atoms with Gasteiger partial charge in [0, 0.05) is 0 Å². The minimum atomic E-state index is -4.17. The van der Waals surface area contributed by atoms with Crippen molar-refractivity contribution in [2.75, 3.05) is 6.61 Å². The molecule has 0 bridgehead atoms. The van der Waals surface area contributed by atoms with E-state index in [9.17, 15) is 8.42 Å². The summed E-state index contributed by atoms with van der Waals surface area (Å²) >= 11 is 0. The quantitative estimate of drug-likeness (QED) is 0.443. The van der Waals surface area contributed by atoms with Crippen LogP contribution in [0.15, 0.2) is 18.7 Å². The Morgan fingerprint density at radius 1 is 1.44 bits per heavy atom. The summed E-state index contributed by atoms with van der Waals surface area (Å²) in [5, 5.41) is 0. The number of hydrogen-bond donors (Lipinski definition) is 1. The van der Waals surface area contributed by atoms with Gasteiger partial charge in [-0.05, 0) is 13.8 Å². The van der Waals surface area contributed by atoms with Crippen LogP contribution in [0.5, 0.6) is 0 Å². The molecule has 1 aromatic heterocycles. The molecule has 16 heavy (non-hydrogen) atoms. The maximum atomic E-state index is 9.56. The molecule has 90 valence electrons. The third-order valence-corrected chi connectivity index (χ3v) is 1.99. The zero-order valence-corrected chi connectivity index (χ0v) is 9.94. The van der Waals surface area contributed by atoms with Crippen molar-refractivity contribution in [2.45, 2.75) is 20.4 Å². The Hall–Kier alpha value is -0.323. The van der Waals surface area contributed by atoms with Crippen molar-refractivity contribution in [3.63, 3.8) is 0 Å². The molecule has 0 spiro atoms. The molecule has 0 unspecified atom stereocenters. The fraction of sp³-hybridized carbons (Fsp3) is 0.625. The van der Waals surface area contributed by atoms with E-state index in [4.69, 9.17) is 4.55 Å². The fourth-order valence-electron chi connectivity index (χ4n) is 0.838. The summed E-state index contributed by atoms with van der Waals surface area (Å²) in [5.41, 5.74) is 0. The third kappa shape index (κ3) is 10.2. The normalized spacial score (nSPS) is 10.0. The molecular weight excluding hydrogens is 227 g/mol. The van der Waals surface area contributed by atoms with Crippen LogP contribution in [0.1, 0.15) is 13.8 Å². The average Bonchev–Trinajstić information content (AvgIpc) is 2.50. The first-order valence-corrected chi connectivity index (χ1v) is 5.88. The van der Waals surface area contributed by atoms with E-state index < -0.39 is 10.4 Å². The number of aryl methyl sites for hydroxylation is 2. The Morgan fingerprint density at radius 3 is 2.12 bits per heavy atom. The number of imidazole rings is 1. The average molecular weight is 245 g/mol. The monoisotopic (exact) mass is 245 g/mol. The van der Waals surface area contributed by atoms with Crippen LogP contribution in [0.3, 0.4) is 0 Å². The van der Waals surface area contributed by atoms with Gasteiger partial charge in [-0.15, -0.1) is 0 Å². The van der Waals surface area contributed by atoms with Crippen LogP contribution in [0, 0.1) is 0 Å². The third-order valence-electron chi connectivity index (χ3n) is 1.46. The van der Waals surface area contributed by atoms with E-state index in [0.29, 0.717) is 0 Å². The molecule has 0 amide bonds. The van der Waals surface area contributed by atoms with Crippen LogP contribution in [-0.2, 0) is 28.2 Å². The second-order valence-corrected chi connectivity index (χ2v) is 3.83. The zero-order valence-electron chi connectivity index (χ0n) is 9.12.